The highest BCUT2D eigenvalue weighted by molar-refractivity contribution is 5.84. The minimum Gasteiger partial charge on any atom is -0.319 e. The maximum Gasteiger partial charge on any atom is 0.230 e. The molecule has 0 spiro atoms. The van der Waals surface area contributed by atoms with Crippen LogP contribution < -0.4 is 0 Å². The molecule has 0 atom stereocenters. The van der Waals surface area contributed by atoms with Crippen molar-refractivity contribution in [1.29, 1.82) is 0 Å². The van der Waals surface area contributed by atoms with Crippen LogP contribution in [0.15, 0.2) is 23.4 Å². The number of amides is 1. The summed E-state index contributed by atoms with van der Waals surface area (Å²) in [6, 6.07) is 0. The lowest BCUT2D eigenvalue weighted by atomic mass is 10.2. The number of allylic oxidation sites excluding steroid dienone is 3. The smallest absolute Gasteiger partial charge is 0.230 e. The van der Waals surface area contributed by atoms with Gasteiger partial charge in [0.15, 0.2) is 0 Å². The Bertz CT molecular complexity index is 271. The number of rotatable bonds is 1. The standard InChI is InChI=1S/C9H13NO.C2H2/c1-4-5-8-6-9(11)10(3)7(8)2;1-2/h4-5H,6H2,1-3H3;1-2H/b5-4-;. The number of carbonyl (C=O) groups excluding carboxylic acids is 1. The van der Waals surface area contributed by atoms with E-state index in [1.54, 1.807) is 4.90 Å². The first-order valence-corrected chi connectivity index (χ1v) is 4.09. The predicted molar refractivity (Wildman–Crippen MR) is 54.8 cm³/mol. The average molecular weight is 177 g/mol. The summed E-state index contributed by atoms with van der Waals surface area (Å²) in [4.78, 5) is 12.8. The average Bonchev–Trinajstić information content (AvgIpc) is 2.38. The maximum absolute atomic E-state index is 11.1. The third-order valence-electron chi connectivity index (χ3n) is 2.05. The summed E-state index contributed by atoms with van der Waals surface area (Å²) in [5.74, 6) is 0.190. The van der Waals surface area contributed by atoms with E-state index in [-0.39, 0.29) is 5.91 Å². The number of carbonyl (C=O) groups is 1. The minimum absolute atomic E-state index is 0.190. The lowest BCUT2D eigenvalue weighted by molar-refractivity contribution is -0.126. The zero-order valence-electron chi connectivity index (χ0n) is 8.37. The van der Waals surface area contributed by atoms with Gasteiger partial charge < -0.3 is 4.90 Å². The molecular weight excluding hydrogens is 162 g/mol. The molecule has 1 amide bonds. The molecule has 0 N–H and O–H groups in total. The highest BCUT2D eigenvalue weighted by atomic mass is 16.2. The van der Waals surface area contributed by atoms with Crippen molar-refractivity contribution >= 4 is 5.91 Å². The normalized spacial score (nSPS) is 16.4. The lowest BCUT2D eigenvalue weighted by Crippen LogP contribution is -2.17. The van der Waals surface area contributed by atoms with Gasteiger partial charge in [0, 0.05) is 12.7 Å². The zero-order valence-corrected chi connectivity index (χ0v) is 8.37. The van der Waals surface area contributed by atoms with E-state index in [1.807, 2.05) is 33.0 Å². The number of terminal acetylenes is 1. The Kier molecular flexibility index (Phi) is 4.61. The SMILES string of the molecule is C#C.C/C=C\C1=C(C)N(C)C(=O)C1. The molecule has 1 aliphatic rings. The molecule has 70 valence electrons. The van der Waals surface area contributed by atoms with Gasteiger partial charge >= 0.3 is 0 Å². The fraction of sp³-hybridized carbons (Fsp3) is 0.364. The Balaban J connectivity index is 0.000000671. The molecule has 0 aromatic heterocycles. The first-order valence-electron chi connectivity index (χ1n) is 4.09. The molecule has 2 heteroatoms. The van der Waals surface area contributed by atoms with E-state index < -0.39 is 0 Å². The molecule has 0 fully saturated rings. The maximum atomic E-state index is 11.1. The van der Waals surface area contributed by atoms with E-state index >= 15 is 0 Å². The summed E-state index contributed by atoms with van der Waals surface area (Å²) in [5.41, 5.74) is 2.22. The van der Waals surface area contributed by atoms with Crippen molar-refractivity contribution in [3.8, 4) is 12.8 Å². The van der Waals surface area contributed by atoms with E-state index in [2.05, 4.69) is 12.8 Å². The van der Waals surface area contributed by atoms with Crippen molar-refractivity contribution in [2.45, 2.75) is 20.3 Å². The summed E-state index contributed by atoms with van der Waals surface area (Å²) in [7, 11) is 1.81. The fourth-order valence-electron chi connectivity index (χ4n) is 1.19. The van der Waals surface area contributed by atoms with Gasteiger partial charge in [0.25, 0.3) is 0 Å². The van der Waals surface area contributed by atoms with Crippen LogP contribution in [-0.2, 0) is 4.79 Å². The van der Waals surface area contributed by atoms with E-state index in [1.165, 1.54) is 0 Å². The topological polar surface area (TPSA) is 20.3 Å². The molecule has 0 aromatic carbocycles. The minimum atomic E-state index is 0.190. The Morgan fingerprint density at radius 2 is 2.00 bits per heavy atom. The predicted octanol–water partition coefficient (Wildman–Crippen LogP) is 1.95. The molecule has 1 rings (SSSR count). The van der Waals surface area contributed by atoms with E-state index in [9.17, 15) is 4.79 Å². The monoisotopic (exact) mass is 177 g/mol. The Morgan fingerprint density at radius 3 is 2.31 bits per heavy atom. The van der Waals surface area contributed by atoms with Gasteiger partial charge in [0.2, 0.25) is 5.91 Å². The molecule has 0 aromatic rings. The lowest BCUT2D eigenvalue weighted by Gasteiger charge is -2.08. The Morgan fingerprint density at radius 1 is 1.46 bits per heavy atom. The third kappa shape index (κ3) is 2.48. The van der Waals surface area contributed by atoms with Crippen molar-refractivity contribution in [2.24, 2.45) is 0 Å². The van der Waals surface area contributed by atoms with Crippen molar-refractivity contribution in [1.82, 2.24) is 4.90 Å². The molecule has 2 nitrogen and oxygen atoms in total. The van der Waals surface area contributed by atoms with Crippen LogP contribution in [0.2, 0.25) is 0 Å². The van der Waals surface area contributed by atoms with Gasteiger partial charge in [0.05, 0.1) is 6.42 Å². The summed E-state index contributed by atoms with van der Waals surface area (Å²) >= 11 is 0. The molecule has 0 saturated heterocycles. The second kappa shape index (κ2) is 5.21. The van der Waals surface area contributed by atoms with Crippen LogP contribution in [0.1, 0.15) is 20.3 Å². The van der Waals surface area contributed by atoms with Crippen LogP contribution >= 0.6 is 0 Å². The molecule has 0 aliphatic carbocycles. The molecule has 1 aliphatic heterocycles. The highest BCUT2D eigenvalue weighted by Crippen LogP contribution is 2.22. The molecule has 0 radical (unpaired) electrons. The van der Waals surface area contributed by atoms with Crippen LogP contribution in [0.5, 0.6) is 0 Å². The fourth-order valence-corrected chi connectivity index (χ4v) is 1.19. The van der Waals surface area contributed by atoms with Crippen molar-refractivity contribution < 1.29 is 4.79 Å². The summed E-state index contributed by atoms with van der Waals surface area (Å²) in [6.07, 6.45) is 12.5. The van der Waals surface area contributed by atoms with Gasteiger partial charge in [0.1, 0.15) is 0 Å². The Labute approximate surface area is 79.9 Å². The van der Waals surface area contributed by atoms with Crippen molar-refractivity contribution in [3.63, 3.8) is 0 Å². The molecule has 0 bridgehead atoms. The summed E-state index contributed by atoms with van der Waals surface area (Å²) in [6.45, 7) is 3.93. The van der Waals surface area contributed by atoms with Crippen molar-refractivity contribution in [2.75, 3.05) is 7.05 Å². The van der Waals surface area contributed by atoms with Gasteiger partial charge in [-0.1, -0.05) is 12.2 Å². The van der Waals surface area contributed by atoms with Gasteiger partial charge in [-0.05, 0) is 19.4 Å². The summed E-state index contributed by atoms with van der Waals surface area (Å²) < 4.78 is 0. The molecule has 1 heterocycles. The zero-order chi connectivity index (χ0) is 10.4. The van der Waals surface area contributed by atoms with Crippen LogP contribution in [0.4, 0.5) is 0 Å². The second-order valence-electron chi connectivity index (χ2n) is 2.74. The van der Waals surface area contributed by atoms with Crippen LogP contribution in [-0.4, -0.2) is 17.9 Å². The largest absolute Gasteiger partial charge is 0.319 e. The Hall–Kier alpha value is -1.49. The number of hydrogen-bond donors (Lipinski definition) is 0. The van der Waals surface area contributed by atoms with Crippen LogP contribution in [0.25, 0.3) is 0 Å². The highest BCUT2D eigenvalue weighted by Gasteiger charge is 2.21. The first-order chi connectivity index (χ1) is 6.16. The molecular formula is C11H15NO. The number of hydrogen-bond acceptors (Lipinski definition) is 1. The van der Waals surface area contributed by atoms with Gasteiger partial charge in [-0.2, -0.15) is 0 Å². The third-order valence-corrected chi connectivity index (χ3v) is 2.05. The number of nitrogens with zero attached hydrogens (tertiary/aromatic N) is 1. The molecule has 0 unspecified atom stereocenters. The second-order valence-corrected chi connectivity index (χ2v) is 2.74. The molecule has 0 saturated carbocycles. The van der Waals surface area contributed by atoms with Crippen LogP contribution in [0, 0.1) is 12.8 Å². The quantitative estimate of drug-likeness (QED) is 0.560. The summed E-state index contributed by atoms with van der Waals surface area (Å²) in [5, 5.41) is 0. The van der Waals surface area contributed by atoms with E-state index in [0.29, 0.717) is 6.42 Å². The van der Waals surface area contributed by atoms with Gasteiger partial charge in [-0.15, -0.1) is 12.8 Å². The van der Waals surface area contributed by atoms with E-state index in [4.69, 9.17) is 0 Å². The molecule has 13 heavy (non-hydrogen) atoms. The van der Waals surface area contributed by atoms with Crippen molar-refractivity contribution in [3.05, 3.63) is 23.4 Å². The van der Waals surface area contributed by atoms with E-state index in [0.717, 1.165) is 11.3 Å². The van der Waals surface area contributed by atoms with Gasteiger partial charge in [-0.3, -0.25) is 4.79 Å². The van der Waals surface area contributed by atoms with Gasteiger partial charge in [-0.25, -0.2) is 0 Å². The first kappa shape index (κ1) is 11.5. The van der Waals surface area contributed by atoms with Crippen LogP contribution in [0.3, 0.4) is 0 Å².